The van der Waals surface area contributed by atoms with Crippen LogP contribution in [-0.2, 0) is 14.3 Å². The minimum absolute atomic E-state index is 0.168. The molecule has 11 heteroatoms. The molecule has 6 aliphatic rings. The first-order chi connectivity index (χ1) is 17.7. The van der Waals surface area contributed by atoms with Gasteiger partial charge < -0.3 is 19.9 Å². The molecule has 6 saturated heterocycles. The number of likely N-dealkylation sites (tertiary alicyclic amines) is 2. The van der Waals surface area contributed by atoms with Crippen LogP contribution in [0.4, 0.5) is 0 Å². The zero-order valence-electron chi connectivity index (χ0n) is 21.7. The molecule has 0 spiro atoms. The van der Waals surface area contributed by atoms with Crippen LogP contribution in [-0.4, -0.2) is 133 Å². The second kappa shape index (κ2) is 10.4. The Bertz CT molecular complexity index is 813. The fourth-order valence-electron chi connectivity index (χ4n) is 7.72. The smallest absolute Gasteiger partial charge is 0.225 e. The monoisotopic (exact) mass is 504 g/mol. The molecule has 0 bridgehead atoms. The van der Waals surface area contributed by atoms with Gasteiger partial charge in [0.25, 0.3) is 0 Å². The predicted molar refractivity (Wildman–Crippen MR) is 134 cm³/mol. The lowest BCUT2D eigenvalue weighted by atomic mass is 9.86. The Balaban J connectivity index is 1.59. The molecular weight excluding hydrogens is 460 g/mol. The number of hydrazine groups is 1. The number of nitrogens with one attached hydrogen (secondary N) is 3. The number of piperazine rings is 2. The van der Waals surface area contributed by atoms with Gasteiger partial charge in [0, 0.05) is 84.8 Å². The highest BCUT2D eigenvalue weighted by molar-refractivity contribution is 5.81. The summed E-state index contributed by atoms with van der Waals surface area (Å²) in [6.07, 6.45) is 6.99. The van der Waals surface area contributed by atoms with Crippen molar-refractivity contribution in [1.82, 2.24) is 40.7 Å². The van der Waals surface area contributed by atoms with E-state index < -0.39 is 17.7 Å². The average molecular weight is 505 g/mol. The maximum atomic E-state index is 13.9. The average Bonchev–Trinajstić information content (AvgIpc) is 3.62. The zero-order valence-corrected chi connectivity index (χ0v) is 21.7. The highest BCUT2D eigenvalue weighted by Crippen LogP contribution is 2.47. The molecule has 0 aromatic heterocycles. The van der Waals surface area contributed by atoms with E-state index >= 15 is 0 Å². The van der Waals surface area contributed by atoms with Crippen LogP contribution in [0.25, 0.3) is 0 Å². The van der Waals surface area contributed by atoms with Crippen molar-refractivity contribution in [2.45, 2.75) is 69.0 Å². The van der Waals surface area contributed by atoms with Crippen molar-refractivity contribution in [3.05, 3.63) is 0 Å². The van der Waals surface area contributed by atoms with Gasteiger partial charge in [-0.15, -0.1) is 0 Å². The highest BCUT2D eigenvalue weighted by Gasteiger charge is 2.73. The van der Waals surface area contributed by atoms with Crippen LogP contribution < -0.4 is 16.0 Å². The van der Waals surface area contributed by atoms with E-state index in [-0.39, 0.29) is 11.8 Å². The van der Waals surface area contributed by atoms with Crippen LogP contribution in [0.1, 0.15) is 51.4 Å². The van der Waals surface area contributed by atoms with E-state index in [2.05, 4.69) is 40.7 Å². The molecular formula is C25H44N8O3. The van der Waals surface area contributed by atoms with Gasteiger partial charge in [-0.2, -0.15) is 0 Å². The molecule has 0 aromatic carbocycles. The number of nitrogens with zero attached hydrogens (tertiary/aromatic N) is 5. The summed E-state index contributed by atoms with van der Waals surface area (Å²) in [5, 5.41) is 16.1. The van der Waals surface area contributed by atoms with Gasteiger partial charge in [-0.05, 0) is 32.1 Å². The third kappa shape index (κ3) is 3.81. The number of carbonyl (C=O) groups excluding carboxylic acids is 2. The number of hydrogen-bond donors (Lipinski definition) is 3. The molecule has 202 valence electrons. The number of hydrogen-bond acceptors (Lipinski definition) is 9. The molecule has 0 saturated carbocycles. The minimum atomic E-state index is -0.906. The predicted octanol–water partition coefficient (Wildman–Crippen LogP) is -0.871. The van der Waals surface area contributed by atoms with Crippen molar-refractivity contribution in [3.63, 3.8) is 0 Å². The molecule has 6 rings (SSSR count). The van der Waals surface area contributed by atoms with E-state index in [1.54, 1.807) is 0 Å². The van der Waals surface area contributed by atoms with Crippen molar-refractivity contribution in [2.75, 3.05) is 78.6 Å². The molecule has 6 heterocycles. The number of carbonyl (C=O) groups is 2. The summed E-state index contributed by atoms with van der Waals surface area (Å²) in [5.74, 6) is -0.534. The Morgan fingerprint density at radius 2 is 1.44 bits per heavy atom. The lowest BCUT2D eigenvalue weighted by Crippen LogP contribution is -2.96. The van der Waals surface area contributed by atoms with E-state index in [4.69, 9.17) is 4.74 Å². The molecule has 6 aliphatic heterocycles. The summed E-state index contributed by atoms with van der Waals surface area (Å²) >= 11 is 0. The van der Waals surface area contributed by atoms with Crippen LogP contribution in [0, 0.1) is 0 Å². The molecule has 0 aromatic rings. The summed E-state index contributed by atoms with van der Waals surface area (Å²) in [6, 6.07) is 0. The third-order valence-corrected chi connectivity index (χ3v) is 9.13. The summed E-state index contributed by atoms with van der Waals surface area (Å²) < 4.78 is 6.56. The first-order valence-corrected chi connectivity index (χ1v) is 14.4. The largest absolute Gasteiger partial charge is 0.358 e. The van der Waals surface area contributed by atoms with Crippen LogP contribution in [0.2, 0.25) is 0 Å². The van der Waals surface area contributed by atoms with E-state index in [1.165, 1.54) is 6.42 Å². The first kappa shape index (κ1) is 25.0. The minimum Gasteiger partial charge on any atom is -0.358 e. The number of rotatable bonds is 5. The van der Waals surface area contributed by atoms with E-state index in [1.807, 2.05) is 0 Å². The molecule has 3 N–H and O–H groups in total. The van der Waals surface area contributed by atoms with Gasteiger partial charge in [0.2, 0.25) is 17.5 Å². The summed E-state index contributed by atoms with van der Waals surface area (Å²) in [7, 11) is 0. The molecule has 0 aliphatic carbocycles. The van der Waals surface area contributed by atoms with Gasteiger partial charge in [0.15, 0.2) is 12.0 Å². The van der Waals surface area contributed by atoms with Crippen LogP contribution >= 0.6 is 0 Å². The van der Waals surface area contributed by atoms with Gasteiger partial charge in [0.1, 0.15) is 0 Å². The van der Waals surface area contributed by atoms with E-state index in [0.29, 0.717) is 32.5 Å². The molecule has 3 unspecified atom stereocenters. The number of ether oxygens (including phenoxy) is 1. The van der Waals surface area contributed by atoms with Gasteiger partial charge >= 0.3 is 0 Å². The van der Waals surface area contributed by atoms with Crippen molar-refractivity contribution < 1.29 is 14.3 Å². The van der Waals surface area contributed by atoms with Crippen LogP contribution in [0.5, 0.6) is 0 Å². The summed E-state index contributed by atoms with van der Waals surface area (Å²) in [6.45, 7) is 9.54. The lowest BCUT2D eigenvalue weighted by molar-refractivity contribution is -0.328. The third-order valence-electron chi connectivity index (χ3n) is 9.13. The normalized spacial score (nSPS) is 38.3. The van der Waals surface area contributed by atoms with Crippen LogP contribution in [0.15, 0.2) is 0 Å². The zero-order chi connectivity index (χ0) is 24.6. The molecule has 6 fully saturated rings. The van der Waals surface area contributed by atoms with E-state index in [9.17, 15) is 9.59 Å². The van der Waals surface area contributed by atoms with Crippen molar-refractivity contribution in [3.8, 4) is 0 Å². The molecule has 11 nitrogen and oxygen atoms in total. The second-order valence-electron chi connectivity index (χ2n) is 11.1. The topological polar surface area (TPSA) is 95.7 Å². The van der Waals surface area contributed by atoms with Gasteiger partial charge in [0.05, 0.1) is 6.61 Å². The van der Waals surface area contributed by atoms with Gasteiger partial charge in [-0.25, -0.2) is 10.0 Å². The molecule has 36 heavy (non-hydrogen) atoms. The Morgan fingerprint density at radius 3 is 2.14 bits per heavy atom. The Hall–Kier alpha value is -1.34. The Morgan fingerprint density at radius 1 is 0.722 bits per heavy atom. The Kier molecular flexibility index (Phi) is 7.24. The van der Waals surface area contributed by atoms with Crippen LogP contribution in [0.3, 0.4) is 0 Å². The summed E-state index contributed by atoms with van der Waals surface area (Å²) in [4.78, 5) is 34.4. The quantitative estimate of drug-likeness (QED) is 0.442. The summed E-state index contributed by atoms with van der Waals surface area (Å²) in [5.41, 5.74) is -0.906. The van der Waals surface area contributed by atoms with Crippen molar-refractivity contribution in [2.24, 2.45) is 0 Å². The Labute approximate surface area is 214 Å². The van der Waals surface area contributed by atoms with E-state index in [0.717, 1.165) is 91.0 Å². The fourth-order valence-corrected chi connectivity index (χ4v) is 7.72. The lowest BCUT2D eigenvalue weighted by Gasteiger charge is -2.70. The first-order valence-electron chi connectivity index (χ1n) is 14.4. The SMILES string of the molecule is O=C1CCCCN1C1(N2CCNCC2)NCCN(N2CCCCC2)C1(C1NCCO1)N1CCCC1=O. The van der Waals surface area contributed by atoms with Gasteiger partial charge in [-0.3, -0.25) is 25.1 Å². The molecule has 2 amide bonds. The standard InChI is InChI=1S/C25H44N8O3/c34-21-8-6-16-31(21)24(23-27-12-20-36-23)25(29-17-9-26-10-18-29,32-15-5-2-7-22(32)35)28-11-19-33(24)30-13-3-1-4-14-30/h23,26-28H,1-20H2. The molecule has 0 radical (unpaired) electrons. The highest BCUT2D eigenvalue weighted by atomic mass is 16.5. The maximum Gasteiger partial charge on any atom is 0.225 e. The fraction of sp³-hybridized carbons (Fsp3) is 0.920. The van der Waals surface area contributed by atoms with Crippen molar-refractivity contribution in [1.29, 1.82) is 0 Å². The van der Waals surface area contributed by atoms with Gasteiger partial charge in [-0.1, -0.05) is 6.42 Å². The second-order valence-corrected chi connectivity index (χ2v) is 11.1. The number of piperidine rings is 2. The molecule has 3 atom stereocenters. The maximum absolute atomic E-state index is 13.9. The van der Waals surface area contributed by atoms with Crippen molar-refractivity contribution >= 4 is 11.8 Å². The number of amides is 2.